The molecule has 1 aromatic carbocycles. The molecule has 0 bridgehead atoms. The topological polar surface area (TPSA) is 74.2 Å². The molecule has 0 amide bonds. The summed E-state index contributed by atoms with van der Waals surface area (Å²) >= 11 is 0. The van der Waals surface area contributed by atoms with Crippen LogP contribution in [0.5, 0.6) is 0 Å². The minimum Gasteiger partial charge on any atom is -0.381 e. The van der Waals surface area contributed by atoms with Crippen molar-refractivity contribution in [2.24, 2.45) is 10.4 Å². The summed E-state index contributed by atoms with van der Waals surface area (Å²) in [5, 5.41) is 3.33. The van der Waals surface area contributed by atoms with Gasteiger partial charge in [0.2, 0.25) is 10.0 Å². The monoisotopic (exact) mass is 406 g/mol. The van der Waals surface area contributed by atoms with Crippen molar-refractivity contribution >= 4 is 21.7 Å². The molecule has 2 saturated heterocycles. The minimum absolute atomic E-state index is 0.0261. The Bertz CT molecular complexity index is 834. The summed E-state index contributed by atoms with van der Waals surface area (Å²) < 4.78 is 32.9. The summed E-state index contributed by atoms with van der Waals surface area (Å²) in [6, 6.07) is 7.74. The maximum atomic E-state index is 12.9. The third-order valence-corrected chi connectivity index (χ3v) is 7.80. The first-order chi connectivity index (χ1) is 13.5. The average molecular weight is 407 g/mol. The minimum atomic E-state index is -3.37. The number of rotatable bonds is 5. The lowest BCUT2D eigenvalue weighted by Crippen LogP contribution is -2.42. The molecule has 2 fully saturated rings. The lowest BCUT2D eigenvalue weighted by atomic mass is 9.87. The van der Waals surface area contributed by atoms with Gasteiger partial charge in [0.1, 0.15) is 0 Å². The second kappa shape index (κ2) is 7.91. The Balaban J connectivity index is 1.40. The predicted molar refractivity (Wildman–Crippen MR) is 111 cm³/mol. The van der Waals surface area contributed by atoms with Crippen molar-refractivity contribution in [1.29, 1.82) is 0 Å². The second-order valence-corrected chi connectivity index (χ2v) is 9.99. The Hall–Kier alpha value is -1.80. The van der Waals surface area contributed by atoms with Gasteiger partial charge in [-0.1, -0.05) is 18.2 Å². The molecule has 4 rings (SSSR count). The van der Waals surface area contributed by atoms with E-state index in [1.54, 1.807) is 4.31 Å². The number of anilines is 1. The molecule has 1 spiro atoms. The van der Waals surface area contributed by atoms with Crippen molar-refractivity contribution in [3.63, 3.8) is 0 Å². The van der Waals surface area contributed by atoms with E-state index in [4.69, 9.17) is 4.74 Å². The summed E-state index contributed by atoms with van der Waals surface area (Å²) in [5.41, 5.74) is 2.17. The highest BCUT2D eigenvalue weighted by molar-refractivity contribution is 7.92. The summed E-state index contributed by atoms with van der Waals surface area (Å²) in [6.07, 6.45) is 2.99. The average Bonchev–Trinajstić information content (AvgIpc) is 3.42. The van der Waals surface area contributed by atoms with Gasteiger partial charge in [-0.2, -0.15) is 0 Å². The van der Waals surface area contributed by atoms with Crippen LogP contribution in [0.25, 0.3) is 0 Å². The number of hydrogen-bond acceptors (Lipinski definition) is 4. The molecule has 0 aliphatic carbocycles. The molecule has 3 aliphatic rings. The molecule has 1 N–H and O–H groups in total. The summed E-state index contributed by atoms with van der Waals surface area (Å²) in [7, 11) is -3.37. The third-order valence-electron chi connectivity index (χ3n) is 6.05. The maximum absolute atomic E-state index is 12.9. The molecule has 0 saturated carbocycles. The lowest BCUT2D eigenvalue weighted by molar-refractivity contribution is 0.156. The molecule has 1 atom stereocenters. The normalized spacial score (nSPS) is 25.0. The lowest BCUT2D eigenvalue weighted by Gasteiger charge is -2.25. The number of hydrogen-bond donors (Lipinski definition) is 1. The Kier molecular flexibility index (Phi) is 5.51. The van der Waals surface area contributed by atoms with Gasteiger partial charge in [-0.3, -0.25) is 9.30 Å². The Labute approximate surface area is 167 Å². The van der Waals surface area contributed by atoms with Gasteiger partial charge in [-0.05, 0) is 37.8 Å². The Morgan fingerprint density at radius 2 is 2.14 bits per heavy atom. The molecule has 3 heterocycles. The van der Waals surface area contributed by atoms with Crippen LogP contribution in [0, 0.1) is 5.41 Å². The third kappa shape index (κ3) is 3.85. The van der Waals surface area contributed by atoms with Gasteiger partial charge in [0.25, 0.3) is 0 Å². The van der Waals surface area contributed by atoms with Gasteiger partial charge >= 0.3 is 0 Å². The molecule has 3 aliphatic heterocycles. The zero-order valence-electron chi connectivity index (χ0n) is 16.6. The molecule has 7 nitrogen and oxygen atoms in total. The van der Waals surface area contributed by atoms with E-state index in [-0.39, 0.29) is 17.7 Å². The number of likely N-dealkylation sites (tertiary alicyclic amines) is 1. The first kappa shape index (κ1) is 19.5. The molecule has 0 aromatic heterocycles. The predicted octanol–water partition coefficient (Wildman–Crippen LogP) is 1.46. The van der Waals surface area contributed by atoms with Crippen LogP contribution in [0.3, 0.4) is 0 Å². The Morgan fingerprint density at radius 3 is 2.93 bits per heavy atom. The number of aliphatic imine (C=N–C) groups is 1. The van der Waals surface area contributed by atoms with E-state index in [9.17, 15) is 8.42 Å². The van der Waals surface area contributed by atoms with Crippen LogP contribution in [-0.2, 0) is 21.2 Å². The molecule has 1 unspecified atom stereocenters. The first-order valence-electron chi connectivity index (χ1n) is 10.2. The van der Waals surface area contributed by atoms with Gasteiger partial charge < -0.3 is 15.0 Å². The van der Waals surface area contributed by atoms with Crippen LogP contribution in [0.2, 0.25) is 0 Å². The SMILES string of the molecule is CCNC(=NCCS(=O)(=O)N1CCc2ccccc21)N1CCC2(CCOC2)C1. The molecular formula is C20H30N4O3S. The van der Waals surface area contributed by atoms with Crippen molar-refractivity contribution in [2.75, 3.05) is 56.0 Å². The van der Waals surface area contributed by atoms with Gasteiger partial charge in [0.15, 0.2) is 5.96 Å². The number of guanidine groups is 1. The van der Waals surface area contributed by atoms with Crippen LogP contribution in [-0.4, -0.2) is 71.0 Å². The van der Waals surface area contributed by atoms with Gasteiger partial charge in [0, 0.05) is 38.2 Å². The molecule has 1 aromatic rings. The van der Waals surface area contributed by atoms with Crippen LogP contribution in [0.15, 0.2) is 29.3 Å². The second-order valence-electron chi connectivity index (χ2n) is 7.98. The fourth-order valence-corrected chi connectivity index (χ4v) is 5.88. The van der Waals surface area contributed by atoms with E-state index in [1.807, 2.05) is 31.2 Å². The molecule has 0 radical (unpaired) electrons. The fourth-order valence-electron chi connectivity index (χ4n) is 4.49. The summed E-state index contributed by atoms with van der Waals surface area (Å²) in [6.45, 7) is 7.15. The van der Waals surface area contributed by atoms with Gasteiger partial charge in [-0.25, -0.2) is 8.42 Å². The number of benzene rings is 1. The summed E-state index contributed by atoms with van der Waals surface area (Å²) in [5.74, 6) is 0.849. The van der Waals surface area contributed by atoms with E-state index < -0.39 is 10.0 Å². The molecule has 154 valence electrons. The van der Waals surface area contributed by atoms with E-state index >= 15 is 0 Å². The van der Waals surface area contributed by atoms with E-state index in [1.165, 1.54) is 0 Å². The maximum Gasteiger partial charge on any atom is 0.237 e. The van der Waals surface area contributed by atoms with Crippen molar-refractivity contribution < 1.29 is 13.2 Å². The zero-order chi connectivity index (χ0) is 19.6. The standard InChI is InChI=1S/C20H30N4O3S/c1-2-21-19(23-12-8-20(15-23)9-13-27-16-20)22-10-14-28(25,26)24-11-7-17-5-3-4-6-18(17)24/h3-6H,2,7-16H2,1H3,(H,21,22). The summed E-state index contributed by atoms with van der Waals surface area (Å²) in [4.78, 5) is 6.91. The Morgan fingerprint density at radius 1 is 1.29 bits per heavy atom. The number of nitrogens with zero attached hydrogens (tertiary/aromatic N) is 3. The number of nitrogens with one attached hydrogen (secondary N) is 1. The van der Waals surface area contributed by atoms with Crippen LogP contribution < -0.4 is 9.62 Å². The van der Waals surface area contributed by atoms with Gasteiger partial charge in [-0.15, -0.1) is 0 Å². The largest absolute Gasteiger partial charge is 0.381 e. The van der Waals surface area contributed by atoms with Crippen molar-refractivity contribution in [2.45, 2.75) is 26.2 Å². The van der Waals surface area contributed by atoms with Crippen molar-refractivity contribution in [1.82, 2.24) is 10.2 Å². The molecule has 8 heteroatoms. The van der Waals surface area contributed by atoms with E-state index in [0.29, 0.717) is 6.54 Å². The van der Waals surface area contributed by atoms with Crippen LogP contribution >= 0.6 is 0 Å². The van der Waals surface area contributed by atoms with E-state index in [2.05, 4.69) is 15.2 Å². The van der Waals surface area contributed by atoms with Crippen LogP contribution in [0.4, 0.5) is 5.69 Å². The highest BCUT2D eigenvalue weighted by atomic mass is 32.2. The highest BCUT2D eigenvalue weighted by Gasteiger charge is 2.42. The van der Waals surface area contributed by atoms with Crippen LogP contribution in [0.1, 0.15) is 25.3 Å². The number of sulfonamides is 1. The van der Waals surface area contributed by atoms with E-state index in [0.717, 1.165) is 69.3 Å². The number of fused-ring (bicyclic) bond motifs is 1. The fraction of sp³-hybridized carbons (Fsp3) is 0.650. The zero-order valence-corrected chi connectivity index (χ0v) is 17.4. The first-order valence-corrected chi connectivity index (χ1v) is 11.8. The quantitative estimate of drug-likeness (QED) is 0.592. The highest BCUT2D eigenvalue weighted by Crippen LogP contribution is 2.38. The smallest absolute Gasteiger partial charge is 0.237 e. The van der Waals surface area contributed by atoms with Crippen molar-refractivity contribution in [3.8, 4) is 0 Å². The van der Waals surface area contributed by atoms with Gasteiger partial charge in [0.05, 0.1) is 24.6 Å². The van der Waals surface area contributed by atoms with Crippen molar-refractivity contribution in [3.05, 3.63) is 29.8 Å². The number of ether oxygens (including phenoxy) is 1. The number of para-hydroxylation sites is 1. The molecule has 28 heavy (non-hydrogen) atoms. The molecular weight excluding hydrogens is 376 g/mol.